The number of pyridine rings is 1. The van der Waals surface area contributed by atoms with Gasteiger partial charge in [0.05, 0.1) is 12.1 Å². The Bertz CT molecular complexity index is 457. The second-order valence-electron chi connectivity index (χ2n) is 3.00. The molecule has 2 rings (SSSR count). The van der Waals surface area contributed by atoms with Gasteiger partial charge in [-0.3, -0.25) is 4.98 Å². The molecule has 1 heterocycles. The third-order valence-electron chi connectivity index (χ3n) is 2.09. The number of hydrogen-bond donors (Lipinski definition) is 1. The Kier molecular flexibility index (Phi) is 2.56. The summed E-state index contributed by atoms with van der Waals surface area (Å²) >= 11 is 0. The van der Waals surface area contributed by atoms with Crippen LogP contribution in [-0.4, -0.2) is 16.7 Å². The van der Waals surface area contributed by atoms with Crippen LogP contribution in [0.4, 0.5) is 0 Å². The van der Waals surface area contributed by atoms with Crippen LogP contribution in [0, 0.1) is 0 Å². The zero-order valence-electron chi connectivity index (χ0n) is 7.72. The molecule has 0 atom stereocenters. The third-order valence-corrected chi connectivity index (χ3v) is 2.09. The predicted molar refractivity (Wildman–Crippen MR) is 57.9 cm³/mol. The minimum absolute atomic E-state index is 0.0661. The predicted octanol–water partition coefficient (Wildman–Crippen LogP) is 2.24. The maximum atomic E-state index is 8.70. The molecule has 0 bridgehead atoms. The van der Waals surface area contributed by atoms with Crippen LogP contribution in [-0.2, 0) is 0 Å². The molecular weight excluding hydrogens is 174 g/mol. The molecule has 0 fully saturated rings. The molecule has 0 aliphatic rings. The first kappa shape index (κ1) is 8.91. The Hall–Kier alpha value is -1.67. The number of fused-ring (bicyclic) bond motifs is 1. The van der Waals surface area contributed by atoms with Gasteiger partial charge in [-0.25, -0.2) is 0 Å². The summed E-state index contributed by atoms with van der Waals surface area (Å²) in [4.78, 5) is 4.25. The van der Waals surface area contributed by atoms with Crippen molar-refractivity contribution in [2.45, 2.75) is 0 Å². The molecular formula is C12H11NO. The Labute approximate surface area is 82.5 Å². The largest absolute Gasteiger partial charge is 0.392 e. The Balaban J connectivity index is 2.59. The maximum Gasteiger partial charge on any atom is 0.0707 e. The second kappa shape index (κ2) is 4.03. The highest BCUT2D eigenvalue weighted by Crippen LogP contribution is 2.16. The fourth-order valence-electron chi connectivity index (χ4n) is 1.44. The van der Waals surface area contributed by atoms with Crippen molar-refractivity contribution >= 4 is 17.0 Å². The number of aromatic nitrogens is 1. The minimum Gasteiger partial charge on any atom is -0.392 e. The van der Waals surface area contributed by atoms with Gasteiger partial charge in [0, 0.05) is 11.6 Å². The maximum absolute atomic E-state index is 8.70. The second-order valence-corrected chi connectivity index (χ2v) is 3.00. The average Bonchev–Trinajstić information content (AvgIpc) is 2.26. The summed E-state index contributed by atoms with van der Waals surface area (Å²) < 4.78 is 0. The highest BCUT2D eigenvalue weighted by molar-refractivity contribution is 5.87. The smallest absolute Gasteiger partial charge is 0.0707 e. The first-order valence-electron chi connectivity index (χ1n) is 4.53. The molecule has 0 aliphatic heterocycles. The topological polar surface area (TPSA) is 33.1 Å². The molecule has 2 heteroatoms. The lowest BCUT2D eigenvalue weighted by Gasteiger charge is -1.99. The van der Waals surface area contributed by atoms with Crippen LogP contribution in [0.2, 0.25) is 0 Å². The van der Waals surface area contributed by atoms with Crippen LogP contribution >= 0.6 is 0 Å². The molecule has 0 amide bonds. The van der Waals surface area contributed by atoms with E-state index in [9.17, 15) is 0 Å². The van der Waals surface area contributed by atoms with Crippen molar-refractivity contribution in [1.29, 1.82) is 0 Å². The van der Waals surface area contributed by atoms with Gasteiger partial charge in [-0.05, 0) is 17.7 Å². The van der Waals surface area contributed by atoms with Crippen LogP contribution in [0.3, 0.4) is 0 Å². The molecule has 0 unspecified atom stereocenters. The van der Waals surface area contributed by atoms with E-state index in [-0.39, 0.29) is 6.61 Å². The molecule has 2 aromatic rings. The van der Waals surface area contributed by atoms with Crippen LogP contribution in [0.15, 0.2) is 42.6 Å². The third kappa shape index (κ3) is 1.65. The molecule has 2 nitrogen and oxygen atoms in total. The molecule has 1 aromatic heterocycles. The monoisotopic (exact) mass is 185 g/mol. The van der Waals surface area contributed by atoms with Crippen molar-refractivity contribution in [2.24, 2.45) is 0 Å². The number of nitrogens with zero attached hydrogens (tertiary/aromatic N) is 1. The molecule has 1 aromatic carbocycles. The van der Waals surface area contributed by atoms with E-state index in [1.807, 2.05) is 36.4 Å². The molecule has 0 spiro atoms. The summed E-state index contributed by atoms with van der Waals surface area (Å²) in [5.74, 6) is 0. The normalized spacial score (nSPS) is 11.2. The quantitative estimate of drug-likeness (QED) is 0.778. The molecule has 0 saturated carbocycles. The van der Waals surface area contributed by atoms with Gasteiger partial charge >= 0.3 is 0 Å². The van der Waals surface area contributed by atoms with Gasteiger partial charge < -0.3 is 5.11 Å². The van der Waals surface area contributed by atoms with E-state index < -0.39 is 0 Å². The zero-order valence-corrected chi connectivity index (χ0v) is 7.72. The van der Waals surface area contributed by atoms with Crippen LogP contribution in [0.1, 0.15) is 5.56 Å². The van der Waals surface area contributed by atoms with E-state index >= 15 is 0 Å². The van der Waals surface area contributed by atoms with Crippen LogP contribution < -0.4 is 0 Å². The van der Waals surface area contributed by atoms with Crippen LogP contribution in [0.5, 0.6) is 0 Å². The van der Waals surface area contributed by atoms with E-state index in [4.69, 9.17) is 5.11 Å². The SMILES string of the molecule is OCC=Cc1ccnc2ccccc12. The fraction of sp³-hybridized carbons (Fsp3) is 0.0833. The molecule has 0 aliphatic carbocycles. The Morgan fingerprint density at radius 2 is 2.07 bits per heavy atom. The van der Waals surface area contributed by atoms with Gasteiger partial charge in [-0.1, -0.05) is 30.4 Å². The summed E-state index contributed by atoms with van der Waals surface area (Å²) in [5.41, 5.74) is 2.07. The van der Waals surface area contributed by atoms with E-state index in [0.717, 1.165) is 16.5 Å². The zero-order chi connectivity index (χ0) is 9.80. The van der Waals surface area contributed by atoms with Gasteiger partial charge in [0.25, 0.3) is 0 Å². The van der Waals surface area contributed by atoms with Crippen molar-refractivity contribution in [2.75, 3.05) is 6.61 Å². The van der Waals surface area contributed by atoms with E-state index in [1.165, 1.54) is 0 Å². The lowest BCUT2D eigenvalue weighted by molar-refractivity contribution is 0.343. The van der Waals surface area contributed by atoms with Crippen molar-refractivity contribution in [1.82, 2.24) is 4.98 Å². The number of aliphatic hydroxyl groups excluding tert-OH is 1. The molecule has 1 N–H and O–H groups in total. The number of para-hydroxylation sites is 1. The Morgan fingerprint density at radius 1 is 1.21 bits per heavy atom. The van der Waals surface area contributed by atoms with E-state index in [2.05, 4.69) is 4.98 Å². The number of hydrogen-bond acceptors (Lipinski definition) is 2. The van der Waals surface area contributed by atoms with Gasteiger partial charge in [-0.2, -0.15) is 0 Å². The van der Waals surface area contributed by atoms with Gasteiger partial charge in [0.2, 0.25) is 0 Å². The highest BCUT2D eigenvalue weighted by Gasteiger charge is 1.96. The summed E-state index contributed by atoms with van der Waals surface area (Å²) in [7, 11) is 0. The molecule has 14 heavy (non-hydrogen) atoms. The summed E-state index contributed by atoms with van der Waals surface area (Å²) in [6.45, 7) is 0.0661. The summed E-state index contributed by atoms with van der Waals surface area (Å²) in [6, 6.07) is 9.90. The van der Waals surface area contributed by atoms with Gasteiger partial charge in [0.1, 0.15) is 0 Å². The van der Waals surface area contributed by atoms with Gasteiger partial charge in [-0.15, -0.1) is 0 Å². The number of aliphatic hydroxyl groups is 1. The highest BCUT2D eigenvalue weighted by atomic mass is 16.2. The average molecular weight is 185 g/mol. The number of benzene rings is 1. The first-order chi connectivity index (χ1) is 6.92. The van der Waals surface area contributed by atoms with Gasteiger partial charge in [0.15, 0.2) is 0 Å². The number of rotatable bonds is 2. The van der Waals surface area contributed by atoms with Crippen molar-refractivity contribution in [3.8, 4) is 0 Å². The Morgan fingerprint density at radius 3 is 2.93 bits per heavy atom. The van der Waals surface area contributed by atoms with Crippen molar-refractivity contribution in [3.05, 3.63) is 48.2 Å². The summed E-state index contributed by atoms with van der Waals surface area (Å²) in [6.07, 6.45) is 5.41. The fourth-order valence-corrected chi connectivity index (χ4v) is 1.44. The van der Waals surface area contributed by atoms with Crippen molar-refractivity contribution < 1.29 is 5.11 Å². The molecule has 0 saturated heterocycles. The van der Waals surface area contributed by atoms with Crippen molar-refractivity contribution in [3.63, 3.8) is 0 Å². The minimum atomic E-state index is 0.0661. The lowest BCUT2D eigenvalue weighted by atomic mass is 10.1. The lowest BCUT2D eigenvalue weighted by Crippen LogP contribution is -1.82. The molecule has 70 valence electrons. The van der Waals surface area contributed by atoms with E-state index in [0.29, 0.717) is 0 Å². The summed E-state index contributed by atoms with van der Waals surface area (Å²) in [5, 5.41) is 9.81. The first-order valence-corrected chi connectivity index (χ1v) is 4.53. The van der Waals surface area contributed by atoms with E-state index in [1.54, 1.807) is 12.3 Å². The molecule has 0 radical (unpaired) electrons. The van der Waals surface area contributed by atoms with Crippen LogP contribution in [0.25, 0.3) is 17.0 Å². The standard InChI is InChI=1S/C12H11NO/c14-9-3-4-10-7-8-13-12-6-2-1-5-11(10)12/h1-8,14H,9H2.